The van der Waals surface area contributed by atoms with Crippen molar-refractivity contribution in [3.8, 4) is 5.75 Å². The fourth-order valence-electron chi connectivity index (χ4n) is 4.05. The maximum absolute atomic E-state index is 12.9. The van der Waals surface area contributed by atoms with E-state index >= 15 is 0 Å². The second-order valence-electron chi connectivity index (χ2n) is 8.22. The molecule has 3 rings (SSSR count). The monoisotopic (exact) mass is 461 g/mol. The molecule has 4 N–H and O–H groups in total. The van der Waals surface area contributed by atoms with Gasteiger partial charge in [0.15, 0.2) is 5.43 Å². The fourth-order valence-corrected chi connectivity index (χ4v) is 4.26. The van der Waals surface area contributed by atoms with Crippen LogP contribution in [0.4, 0.5) is 4.79 Å². The highest BCUT2D eigenvalue weighted by atomic mass is 35.5. The molecule has 1 saturated carbocycles. The van der Waals surface area contributed by atoms with Crippen molar-refractivity contribution in [1.82, 2.24) is 15.6 Å². The van der Waals surface area contributed by atoms with Gasteiger partial charge in [0.25, 0.3) is 5.91 Å². The van der Waals surface area contributed by atoms with E-state index in [-0.39, 0.29) is 30.0 Å². The standard InChI is InChI=1S/C23H28ClN3O5/c1-12-8-20(28)19(14(3)26-12)11-25-22(29)18-9-15(24)10-21(13(18)2)32-17-6-4-16(5-7-17)27-23(30)31/h8-10,16-17,27H,4-7,11H2,1-3H3,(H,25,29)(H,26,28)(H,30,31)/t16-,17-. The Labute approximate surface area is 191 Å². The first kappa shape index (κ1) is 23.7. The van der Waals surface area contributed by atoms with Gasteiger partial charge in [-0.2, -0.15) is 0 Å². The molecule has 1 aromatic carbocycles. The number of carbonyl (C=O) groups excluding carboxylic acids is 1. The molecule has 8 nitrogen and oxygen atoms in total. The van der Waals surface area contributed by atoms with Crippen LogP contribution in [-0.2, 0) is 6.54 Å². The van der Waals surface area contributed by atoms with Crippen molar-refractivity contribution in [2.75, 3.05) is 0 Å². The first-order valence-electron chi connectivity index (χ1n) is 10.6. The summed E-state index contributed by atoms with van der Waals surface area (Å²) < 4.78 is 6.13. The van der Waals surface area contributed by atoms with Crippen LogP contribution >= 0.6 is 11.6 Å². The van der Waals surface area contributed by atoms with Crippen LogP contribution in [0.1, 0.15) is 58.6 Å². The Morgan fingerprint density at radius 1 is 1.16 bits per heavy atom. The van der Waals surface area contributed by atoms with Gasteiger partial charge in [-0.25, -0.2) is 4.79 Å². The van der Waals surface area contributed by atoms with Crippen LogP contribution in [0.25, 0.3) is 0 Å². The Morgan fingerprint density at radius 2 is 1.84 bits per heavy atom. The van der Waals surface area contributed by atoms with Gasteiger partial charge in [-0.3, -0.25) is 9.59 Å². The van der Waals surface area contributed by atoms with Gasteiger partial charge in [-0.05, 0) is 58.6 Å². The molecule has 0 saturated heterocycles. The molecule has 0 atom stereocenters. The topological polar surface area (TPSA) is 121 Å². The number of carboxylic acid groups (broad SMARTS) is 1. The van der Waals surface area contributed by atoms with Gasteiger partial charge in [-0.15, -0.1) is 0 Å². The van der Waals surface area contributed by atoms with Gasteiger partial charge >= 0.3 is 6.09 Å². The summed E-state index contributed by atoms with van der Waals surface area (Å²) in [5.41, 5.74) is 2.91. The van der Waals surface area contributed by atoms with Crippen molar-refractivity contribution >= 4 is 23.6 Å². The predicted molar refractivity (Wildman–Crippen MR) is 122 cm³/mol. The van der Waals surface area contributed by atoms with Crippen LogP contribution in [0.5, 0.6) is 5.75 Å². The number of aromatic nitrogens is 1. The number of H-pyrrole nitrogens is 1. The molecule has 1 heterocycles. The minimum Gasteiger partial charge on any atom is -0.490 e. The lowest BCUT2D eigenvalue weighted by molar-refractivity contribution is 0.0948. The average Bonchev–Trinajstić information content (AvgIpc) is 2.70. The first-order valence-corrected chi connectivity index (χ1v) is 11.0. The number of pyridine rings is 1. The first-order chi connectivity index (χ1) is 15.1. The molecule has 1 aliphatic rings. The molecule has 2 aromatic rings. The molecule has 1 aromatic heterocycles. The summed E-state index contributed by atoms with van der Waals surface area (Å²) >= 11 is 6.26. The number of rotatable bonds is 6. The van der Waals surface area contributed by atoms with E-state index in [1.807, 2.05) is 6.92 Å². The van der Waals surface area contributed by atoms with E-state index in [1.165, 1.54) is 6.07 Å². The number of ether oxygens (including phenoxy) is 1. The highest BCUT2D eigenvalue weighted by Crippen LogP contribution is 2.31. The van der Waals surface area contributed by atoms with Gasteiger partial charge in [0.2, 0.25) is 0 Å². The molecule has 172 valence electrons. The van der Waals surface area contributed by atoms with E-state index in [2.05, 4.69) is 15.6 Å². The fraction of sp³-hybridized carbons (Fsp3) is 0.435. The van der Waals surface area contributed by atoms with E-state index in [9.17, 15) is 14.4 Å². The number of carbonyl (C=O) groups is 2. The van der Waals surface area contributed by atoms with Crippen LogP contribution in [0, 0.1) is 20.8 Å². The highest BCUT2D eigenvalue weighted by molar-refractivity contribution is 6.31. The van der Waals surface area contributed by atoms with Crippen molar-refractivity contribution in [2.45, 2.75) is 65.1 Å². The Balaban J connectivity index is 1.69. The number of amides is 2. The molecule has 0 aliphatic heterocycles. The maximum Gasteiger partial charge on any atom is 0.404 e. The van der Waals surface area contributed by atoms with Crippen molar-refractivity contribution in [1.29, 1.82) is 0 Å². The smallest absolute Gasteiger partial charge is 0.404 e. The number of nitrogens with one attached hydrogen (secondary N) is 3. The SMILES string of the molecule is Cc1cc(=O)c(CNC(=O)c2cc(Cl)cc(O[C@H]3CC[C@H](NC(=O)O)CC3)c2C)c(C)[nH]1. The van der Waals surface area contributed by atoms with E-state index < -0.39 is 6.09 Å². The van der Waals surface area contributed by atoms with Gasteiger partial charge in [-0.1, -0.05) is 11.6 Å². The number of hydrogen-bond acceptors (Lipinski definition) is 4. The zero-order chi connectivity index (χ0) is 23.4. The lowest BCUT2D eigenvalue weighted by atomic mass is 9.93. The molecular formula is C23H28ClN3O5. The maximum atomic E-state index is 12.9. The second kappa shape index (κ2) is 10.1. The molecule has 0 spiro atoms. The van der Waals surface area contributed by atoms with Crippen molar-refractivity contribution in [3.63, 3.8) is 0 Å². The number of aryl methyl sites for hydroxylation is 2. The third-order valence-corrected chi connectivity index (χ3v) is 5.99. The molecular weight excluding hydrogens is 434 g/mol. The normalized spacial score (nSPS) is 18.1. The third-order valence-electron chi connectivity index (χ3n) is 5.77. The predicted octanol–water partition coefficient (Wildman–Crippen LogP) is 3.84. The highest BCUT2D eigenvalue weighted by Gasteiger charge is 2.25. The summed E-state index contributed by atoms with van der Waals surface area (Å²) in [4.78, 5) is 39.0. The minimum absolute atomic E-state index is 0.0671. The largest absolute Gasteiger partial charge is 0.490 e. The Hall–Kier alpha value is -3.00. The zero-order valence-corrected chi connectivity index (χ0v) is 19.1. The zero-order valence-electron chi connectivity index (χ0n) is 18.4. The van der Waals surface area contributed by atoms with E-state index in [1.54, 1.807) is 26.0 Å². The Bertz CT molecular complexity index is 1070. The second-order valence-corrected chi connectivity index (χ2v) is 8.66. The molecule has 1 aliphatic carbocycles. The lowest BCUT2D eigenvalue weighted by Gasteiger charge is -2.29. The summed E-state index contributed by atoms with van der Waals surface area (Å²) in [5, 5.41) is 14.6. The van der Waals surface area contributed by atoms with E-state index in [0.717, 1.165) is 11.4 Å². The van der Waals surface area contributed by atoms with Gasteiger partial charge in [0.05, 0.1) is 6.10 Å². The summed E-state index contributed by atoms with van der Waals surface area (Å²) in [6.07, 6.45) is 1.69. The summed E-state index contributed by atoms with van der Waals surface area (Å²) in [7, 11) is 0. The Morgan fingerprint density at radius 3 is 2.47 bits per heavy atom. The van der Waals surface area contributed by atoms with E-state index in [4.69, 9.17) is 21.4 Å². The van der Waals surface area contributed by atoms with Crippen LogP contribution < -0.4 is 20.8 Å². The minimum atomic E-state index is -1.02. The molecule has 9 heteroatoms. The van der Waals surface area contributed by atoms with Crippen LogP contribution in [0.15, 0.2) is 23.0 Å². The van der Waals surface area contributed by atoms with Crippen LogP contribution in [-0.4, -0.2) is 34.2 Å². The molecule has 32 heavy (non-hydrogen) atoms. The molecule has 0 radical (unpaired) electrons. The molecule has 0 unspecified atom stereocenters. The quantitative estimate of drug-likeness (QED) is 0.520. The number of hydrogen-bond donors (Lipinski definition) is 4. The molecule has 0 bridgehead atoms. The molecule has 1 fully saturated rings. The summed E-state index contributed by atoms with van der Waals surface area (Å²) in [6.45, 7) is 5.50. The van der Waals surface area contributed by atoms with Crippen LogP contribution in [0.2, 0.25) is 5.02 Å². The van der Waals surface area contributed by atoms with Crippen molar-refractivity contribution in [3.05, 3.63) is 61.5 Å². The average molecular weight is 462 g/mol. The number of aromatic amines is 1. The van der Waals surface area contributed by atoms with E-state index in [0.29, 0.717) is 53.1 Å². The summed E-state index contributed by atoms with van der Waals surface area (Å²) in [5.74, 6) is 0.185. The van der Waals surface area contributed by atoms with Crippen molar-refractivity contribution < 1.29 is 19.4 Å². The van der Waals surface area contributed by atoms with Crippen LogP contribution in [0.3, 0.4) is 0 Å². The van der Waals surface area contributed by atoms with Crippen molar-refractivity contribution in [2.24, 2.45) is 0 Å². The lowest BCUT2D eigenvalue weighted by Crippen LogP contribution is -2.39. The third kappa shape index (κ3) is 5.82. The summed E-state index contributed by atoms with van der Waals surface area (Å²) in [6, 6.07) is 4.71. The van der Waals surface area contributed by atoms with Gasteiger partial charge in [0.1, 0.15) is 5.75 Å². The van der Waals surface area contributed by atoms with Gasteiger partial charge in [0, 0.05) is 51.8 Å². The number of halogens is 1. The molecule has 2 amide bonds. The number of benzene rings is 1. The van der Waals surface area contributed by atoms with Gasteiger partial charge < -0.3 is 25.5 Å². The Kier molecular flexibility index (Phi) is 7.45.